The van der Waals surface area contributed by atoms with Crippen LogP contribution in [-0.4, -0.2) is 44.0 Å². The van der Waals surface area contributed by atoms with Gasteiger partial charge in [-0.15, -0.1) is 0 Å². The molecule has 0 bridgehead atoms. The van der Waals surface area contributed by atoms with Crippen LogP contribution in [0.2, 0.25) is 0 Å². The van der Waals surface area contributed by atoms with Gasteiger partial charge in [-0.2, -0.15) is 0 Å². The van der Waals surface area contributed by atoms with E-state index in [1.165, 1.54) is 32.2 Å². The smallest absolute Gasteiger partial charge is 0.150 e. The fraction of sp³-hybridized carbons (Fsp3) is 1.00. The lowest BCUT2D eigenvalue weighted by molar-refractivity contribution is 0.125. The van der Waals surface area contributed by atoms with E-state index >= 15 is 0 Å². The Morgan fingerprint density at radius 2 is 1.89 bits per heavy atom. The van der Waals surface area contributed by atoms with E-state index in [4.69, 9.17) is 0 Å². The monoisotopic (exact) mass is 271 g/mol. The van der Waals surface area contributed by atoms with Crippen LogP contribution in [0.5, 0.6) is 0 Å². The summed E-state index contributed by atoms with van der Waals surface area (Å²) in [4.78, 5) is 2.60. The third-order valence-electron chi connectivity index (χ3n) is 5.21. The van der Waals surface area contributed by atoms with Crippen LogP contribution in [0.3, 0.4) is 0 Å². The summed E-state index contributed by atoms with van der Waals surface area (Å²) in [6.07, 6.45) is 6.54. The molecular formula is C14H25NO2S. The molecule has 2 aliphatic carbocycles. The van der Waals surface area contributed by atoms with Gasteiger partial charge >= 0.3 is 0 Å². The topological polar surface area (TPSA) is 37.4 Å². The van der Waals surface area contributed by atoms with Crippen molar-refractivity contribution in [1.82, 2.24) is 4.90 Å². The molecule has 18 heavy (non-hydrogen) atoms. The summed E-state index contributed by atoms with van der Waals surface area (Å²) in [5.74, 6) is 3.15. The Bertz CT molecular complexity index is 396. The first-order valence-corrected chi connectivity index (χ1v) is 9.34. The number of hydrogen-bond donors (Lipinski definition) is 0. The van der Waals surface area contributed by atoms with Crippen LogP contribution in [-0.2, 0) is 9.84 Å². The van der Waals surface area contributed by atoms with Crippen LogP contribution in [0.25, 0.3) is 0 Å². The zero-order chi connectivity index (χ0) is 12.8. The zero-order valence-corrected chi connectivity index (χ0v) is 12.2. The predicted octanol–water partition coefficient (Wildman–Crippen LogP) is 1.93. The van der Waals surface area contributed by atoms with Crippen molar-refractivity contribution in [3.8, 4) is 0 Å². The Morgan fingerprint density at radius 1 is 1.17 bits per heavy atom. The van der Waals surface area contributed by atoms with Gasteiger partial charge in [0.2, 0.25) is 0 Å². The Morgan fingerprint density at radius 3 is 2.56 bits per heavy atom. The standard InChI is InChI=1S/C14H25NO2S/c1-2-18(16,17)10-11-4-3-5-15(9-11)14-7-12-6-13(12)8-14/h11-14H,2-10H2,1H3/t11-,12-,13+,14?/m0/s1. The third-order valence-corrected chi connectivity index (χ3v) is 7.07. The maximum absolute atomic E-state index is 11.7. The largest absolute Gasteiger partial charge is 0.300 e. The molecular weight excluding hydrogens is 246 g/mol. The number of sulfone groups is 1. The second-order valence-corrected chi connectivity index (χ2v) is 8.98. The number of nitrogens with zero attached hydrogens (tertiary/aromatic N) is 1. The van der Waals surface area contributed by atoms with Crippen LogP contribution in [0, 0.1) is 17.8 Å². The lowest BCUT2D eigenvalue weighted by atomic mass is 9.97. The second kappa shape index (κ2) is 4.78. The molecule has 104 valence electrons. The van der Waals surface area contributed by atoms with Gasteiger partial charge in [-0.1, -0.05) is 6.92 Å². The number of rotatable bonds is 4. The molecule has 1 unspecified atom stereocenters. The van der Waals surface area contributed by atoms with Gasteiger partial charge in [0.15, 0.2) is 0 Å². The SMILES string of the molecule is CCS(=O)(=O)C[C@H]1CCCN(C2C[C@@H]3C[C@@H]3C2)C1. The molecule has 0 N–H and O–H groups in total. The van der Waals surface area contributed by atoms with Crippen molar-refractivity contribution < 1.29 is 8.42 Å². The lowest BCUT2D eigenvalue weighted by Crippen LogP contribution is -2.43. The maximum atomic E-state index is 11.7. The number of fused-ring (bicyclic) bond motifs is 1. The quantitative estimate of drug-likeness (QED) is 0.784. The summed E-state index contributed by atoms with van der Waals surface area (Å²) in [5, 5.41) is 0. The molecule has 4 heteroatoms. The molecule has 4 atom stereocenters. The molecule has 1 aliphatic heterocycles. The van der Waals surface area contributed by atoms with Crippen molar-refractivity contribution in [2.75, 3.05) is 24.6 Å². The molecule has 3 nitrogen and oxygen atoms in total. The van der Waals surface area contributed by atoms with Crippen LogP contribution in [0.15, 0.2) is 0 Å². The first kappa shape index (κ1) is 12.9. The molecule has 0 aromatic carbocycles. The first-order valence-electron chi connectivity index (χ1n) is 7.52. The Kier molecular flexibility index (Phi) is 3.43. The summed E-state index contributed by atoms with van der Waals surface area (Å²) in [5.41, 5.74) is 0. The average Bonchev–Trinajstić information content (AvgIpc) is 2.96. The maximum Gasteiger partial charge on any atom is 0.150 e. The first-order chi connectivity index (χ1) is 8.57. The summed E-state index contributed by atoms with van der Waals surface area (Å²) < 4.78 is 23.5. The van der Waals surface area contributed by atoms with E-state index < -0.39 is 9.84 Å². The van der Waals surface area contributed by atoms with Gasteiger partial charge < -0.3 is 4.90 Å². The van der Waals surface area contributed by atoms with Crippen molar-refractivity contribution in [2.24, 2.45) is 17.8 Å². The van der Waals surface area contributed by atoms with Crippen LogP contribution in [0.4, 0.5) is 0 Å². The van der Waals surface area contributed by atoms with Crippen molar-refractivity contribution >= 4 is 9.84 Å². The van der Waals surface area contributed by atoms with Crippen molar-refractivity contribution in [3.63, 3.8) is 0 Å². The minimum Gasteiger partial charge on any atom is -0.300 e. The summed E-state index contributed by atoms with van der Waals surface area (Å²) in [7, 11) is -2.79. The van der Waals surface area contributed by atoms with E-state index in [0.29, 0.717) is 17.4 Å². The van der Waals surface area contributed by atoms with Gasteiger partial charge in [-0.3, -0.25) is 0 Å². The second-order valence-electron chi connectivity index (χ2n) is 6.58. The third kappa shape index (κ3) is 2.74. The Balaban J connectivity index is 1.55. The molecule has 0 aromatic heterocycles. The molecule has 0 spiro atoms. The molecule has 3 rings (SSSR count). The van der Waals surface area contributed by atoms with Gasteiger partial charge in [0.1, 0.15) is 9.84 Å². The van der Waals surface area contributed by atoms with Crippen LogP contribution >= 0.6 is 0 Å². The molecule has 1 heterocycles. The highest BCUT2D eigenvalue weighted by Crippen LogP contribution is 2.53. The van der Waals surface area contributed by atoms with E-state index in [2.05, 4.69) is 4.90 Å². The number of piperidine rings is 1. The average molecular weight is 271 g/mol. The minimum atomic E-state index is -2.79. The minimum absolute atomic E-state index is 0.303. The molecule has 1 saturated heterocycles. The summed E-state index contributed by atoms with van der Waals surface area (Å²) >= 11 is 0. The number of hydrogen-bond acceptors (Lipinski definition) is 3. The van der Waals surface area contributed by atoms with E-state index in [1.54, 1.807) is 6.92 Å². The van der Waals surface area contributed by atoms with Crippen molar-refractivity contribution in [1.29, 1.82) is 0 Å². The number of likely N-dealkylation sites (tertiary alicyclic amines) is 1. The molecule has 0 aromatic rings. The fourth-order valence-electron chi connectivity index (χ4n) is 4.02. The van der Waals surface area contributed by atoms with Crippen molar-refractivity contribution in [3.05, 3.63) is 0 Å². The van der Waals surface area contributed by atoms with E-state index in [9.17, 15) is 8.42 Å². The summed E-state index contributed by atoms with van der Waals surface area (Å²) in [6.45, 7) is 4.00. The highest BCUT2D eigenvalue weighted by Gasteiger charge is 2.47. The molecule has 2 saturated carbocycles. The van der Waals surface area contributed by atoms with E-state index in [1.807, 2.05) is 0 Å². The molecule has 0 radical (unpaired) electrons. The van der Waals surface area contributed by atoms with Gasteiger partial charge in [-0.05, 0) is 56.4 Å². The predicted molar refractivity (Wildman–Crippen MR) is 73.2 cm³/mol. The van der Waals surface area contributed by atoms with Gasteiger partial charge in [-0.25, -0.2) is 8.42 Å². The Hall–Kier alpha value is -0.0900. The molecule has 0 amide bonds. The highest BCUT2D eigenvalue weighted by molar-refractivity contribution is 7.91. The molecule has 3 aliphatic rings. The highest BCUT2D eigenvalue weighted by atomic mass is 32.2. The normalized spacial score (nSPS) is 40.7. The van der Waals surface area contributed by atoms with Gasteiger partial charge in [0.05, 0.1) is 5.75 Å². The van der Waals surface area contributed by atoms with Crippen LogP contribution in [0.1, 0.15) is 39.0 Å². The molecule has 3 fully saturated rings. The Labute approximate surface area is 111 Å². The van der Waals surface area contributed by atoms with Gasteiger partial charge in [0.25, 0.3) is 0 Å². The zero-order valence-electron chi connectivity index (χ0n) is 11.3. The van der Waals surface area contributed by atoms with Crippen LogP contribution < -0.4 is 0 Å². The summed E-state index contributed by atoms with van der Waals surface area (Å²) in [6, 6.07) is 0.779. The van der Waals surface area contributed by atoms with Crippen molar-refractivity contribution in [2.45, 2.75) is 45.1 Å². The van der Waals surface area contributed by atoms with E-state index in [0.717, 1.165) is 30.8 Å². The lowest BCUT2D eigenvalue weighted by Gasteiger charge is -2.37. The fourth-order valence-corrected chi connectivity index (χ4v) is 5.25. The van der Waals surface area contributed by atoms with E-state index in [-0.39, 0.29) is 0 Å². The van der Waals surface area contributed by atoms with Gasteiger partial charge in [0, 0.05) is 18.3 Å².